The Labute approximate surface area is 162 Å². The largest absolute Gasteiger partial charge is 0.353 e. The molecule has 2 unspecified atom stereocenters. The minimum absolute atomic E-state index is 0.00297. The molecule has 2 atom stereocenters. The van der Waals surface area contributed by atoms with Gasteiger partial charge in [0.15, 0.2) is 0 Å². The van der Waals surface area contributed by atoms with Gasteiger partial charge in [0.1, 0.15) is 0 Å². The molecule has 1 aromatic rings. The number of benzene rings is 1. The van der Waals surface area contributed by atoms with E-state index < -0.39 is 0 Å². The van der Waals surface area contributed by atoms with Gasteiger partial charge < -0.3 is 5.32 Å². The third-order valence-electron chi connectivity index (χ3n) is 5.70. The molecule has 146 valence electrons. The summed E-state index contributed by atoms with van der Waals surface area (Å²) in [5, 5.41) is 9.15. The first-order valence-corrected chi connectivity index (χ1v) is 10.4. The average Bonchev–Trinajstić information content (AvgIpc) is 3.35. The van der Waals surface area contributed by atoms with Gasteiger partial charge in [-0.05, 0) is 30.7 Å². The summed E-state index contributed by atoms with van der Waals surface area (Å²) in [4.78, 5) is 24.7. The van der Waals surface area contributed by atoms with Crippen molar-refractivity contribution in [3.8, 4) is 0 Å². The molecular formula is C22H31N3O2. The number of carbonyl (C=O) groups is 2. The Bertz CT molecular complexity index is 671. The standard InChI is InChI=1S/C22H31N3O2/c1-2-3-8-17-11-7-12-19(17)23-21(26)13-14-22(27)25-16-15-20(24-25)18-9-5-4-6-10-18/h4-6,9-10,17,19H,2-3,7-8,11-16H2,1H3,(H,23,26). The lowest BCUT2D eigenvalue weighted by atomic mass is 9.96. The van der Waals surface area contributed by atoms with Crippen molar-refractivity contribution < 1.29 is 9.59 Å². The monoisotopic (exact) mass is 369 g/mol. The second-order valence-corrected chi connectivity index (χ2v) is 7.69. The van der Waals surface area contributed by atoms with Crippen LogP contribution in [0.5, 0.6) is 0 Å². The zero-order chi connectivity index (χ0) is 19.1. The van der Waals surface area contributed by atoms with Gasteiger partial charge in [-0.2, -0.15) is 5.10 Å². The van der Waals surface area contributed by atoms with Crippen LogP contribution in [0.1, 0.15) is 70.3 Å². The van der Waals surface area contributed by atoms with Crippen LogP contribution in [0.3, 0.4) is 0 Å². The van der Waals surface area contributed by atoms with E-state index in [1.165, 1.54) is 37.1 Å². The van der Waals surface area contributed by atoms with Crippen molar-refractivity contribution in [2.45, 2.75) is 70.8 Å². The highest BCUT2D eigenvalue weighted by Gasteiger charge is 2.28. The molecule has 1 fully saturated rings. The SMILES string of the molecule is CCCCC1CCCC1NC(=O)CCC(=O)N1CCC(c2ccccc2)=N1. The van der Waals surface area contributed by atoms with Gasteiger partial charge in [0.2, 0.25) is 11.8 Å². The average molecular weight is 370 g/mol. The van der Waals surface area contributed by atoms with E-state index in [1.54, 1.807) is 0 Å². The number of nitrogens with zero attached hydrogens (tertiary/aromatic N) is 2. The van der Waals surface area contributed by atoms with Crippen LogP contribution in [-0.2, 0) is 9.59 Å². The van der Waals surface area contributed by atoms with Gasteiger partial charge in [0.05, 0.1) is 12.3 Å². The molecule has 2 aliphatic rings. The maximum absolute atomic E-state index is 12.4. The van der Waals surface area contributed by atoms with Crippen LogP contribution in [0.15, 0.2) is 35.4 Å². The van der Waals surface area contributed by atoms with E-state index in [2.05, 4.69) is 17.3 Å². The molecule has 1 aliphatic carbocycles. The molecule has 1 heterocycles. The third-order valence-corrected chi connectivity index (χ3v) is 5.70. The van der Waals surface area contributed by atoms with Crippen LogP contribution in [0.4, 0.5) is 0 Å². The summed E-state index contributed by atoms with van der Waals surface area (Å²) in [6.07, 6.45) is 8.36. The van der Waals surface area contributed by atoms with Crippen molar-refractivity contribution in [1.82, 2.24) is 10.3 Å². The van der Waals surface area contributed by atoms with Crippen molar-refractivity contribution in [2.24, 2.45) is 11.0 Å². The number of nitrogens with one attached hydrogen (secondary N) is 1. The second kappa shape index (κ2) is 9.67. The Morgan fingerprint density at radius 2 is 2.00 bits per heavy atom. The van der Waals surface area contributed by atoms with Crippen LogP contribution in [0.2, 0.25) is 0 Å². The molecule has 1 aromatic carbocycles. The highest BCUT2D eigenvalue weighted by molar-refractivity contribution is 6.02. The van der Waals surface area contributed by atoms with Gasteiger partial charge in [-0.3, -0.25) is 9.59 Å². The molecule has 0 bridgehead atoms. The molecule has 1 N–H and O–H groups in total. The van der Waals surface area contributed by atoms with Gasteiger partial charge in [0.25, 0.3) is 0 Å². The molecule has 2 amide bonds. The summed E-state index contributed by atoms with van der Waals surface area (Å²) in [6.45, 7) is 2.81. The number of carbonyl (C=O) groups excluding carboxylic acids is 2. The molecule has 0 radical (unpaired) electrons. The zero-order valence-electron chi connectivity index (χ0n) is 16.3. The van der Waals surface area contributed by atoms with E-state index in [-0.39, 0.29) is 24.7 Å². The van der Waals surface area contributed by atoms with Crippen LogP contribution in [-0.4, -0.2) is 35.1 Å². The third kappa shape index (κ3) is 5.41. The summed E-state index contributed by atoms with van der Waals surface area (Å²) in [5.74, 6) is 0.550. The predicted molar refractivity (Wildman–Crippen MR) is 107 cm³/mol. The highest BCUT2D eigenvalue weighted by Crippen LogP contribution is 2.30. The number of hydrogen-bond acceptors (Lipinski definition) is 3. The van der Waals surface area contributed by atoms with Crippen molar-refractivity contribution in [1.29, 1.82) is 0 Å². The van der Waals surface area contributed by atoms with Crippen molar-refractivity contribution in [3.05, 3.63) is 35.9 Å². The minimum atomic E-state index is -0.0648. The van der Waals surface area contributed by atoms with E-state index >= 15 is 0 Å². The summed E-state index contributed by atoms with van der Waals surface area (Å²) < 4.78 is 0. The maximum Gasteiger partial charge on any atom is 0.243 e. The van der Waals surface area contributed by atoms with Gasteiger partial charge in [-0.1, -0.05) is 56.5 Å². The fraction of sp³-hybridized carbons (Fsp3) is 0.591. The van der Waals surface area contributed by atoms with E-state index in [0.29, 0.717) is 18.5 Å². The number of unbranched alkanes of at least 4 members (excludes halogenated alkanes) is 1. The molecular weight excluding hydrogens is 338 g/mol. The quantitative estimate of drug-likeness (QED) is 0.756. The van der Waals surface area contributed by atoms with Crippen LogP contribution in [0.25, 0.3) is 0 Å². The first-order chi connectivity index (χ1) is 13.2. The van der Waals surface area contributed by atoms with Crippen molar-refractivity contribution in [3.63, 3.8) is 0 Å². The number of rotatable bonds is 8. The molecule has 3 rings (SSSR count). The normalized spacial score (nSPS) is 22.0. The first kappa shape index (κ1) is 19.6. The summed E-state index contributed by atoms with van der Waals surface area (Å²) >= 11 is 0. The highest BCUT2D eigenvalue weighted by atomic mass is 16.2. The molecule has 0 aromatic heterocycles. The molecule has 1 saturated carbocycles. The Balaban J connectivity index is 1.44. The lowest BCUT2D eigenvalue weighted by Gasteiger charge is -2.21. The molecule has 5 nitrogen and oxygen atoms in total. The summed E-state index contributed by atoms with van der Waals surface area (Å²) in [5.41, 5.74) is 2.00. The summed E-state index contributed by atoms with van der Waals surface area (Å²) in [7, 11) is 0. The number of amides is 2. The minimum Gasteiger partial charge on any atom is -0.353 e. The van der Waals surface area contributed by atoms with E-state index in [4.69, 9.17) is 0 Å². The number of hydrogen-bond donors (Lipinski definition) is 1. The van der Waals surface area contributed by atoms with Gasteiger partial charge in [-0.25, -0.2) is 5.01 Å². The van der Waals surface area contributed by atoms with Crippen LogP contribution >= 0.6 is 0 Å². The van der Waals surface area contributed by atoms with E-state index in [0.717, 1.165) is 24.1 Å². The van der Waals surface area contributed by atoms with E-state index in [9.17, 15) is 9.59 Å². The molecule has 1 aliphatic heterocycles. The summed E-state index contributed by atoms with van der Waals surface area (Å²) in [6, 6.07) is 10.2. The second-order valence-electron chi connectivity index (χ2n) is 7.69. The molecule has 5 heteroatoms. The molecule has 27 heavy (non-hydrogen) atoms. The maximum atomic E-state index is 12.4. The Kier molecular flexibility index (Phi) is 7.02. The zero-order valence-corrected chi connectivity index (χ0v) is 16.3. The lowest BCUT2D eigenvalue weighted by Crippen LogP contribution is -2.38. The smallest absolute Gasteiger partial charge is 0.243 e. The molecule has 0 spiro atoms. The van der Waals surface area contributed by atoms with Crippen molar-refractivity contribution in [2.75, 3.05) is 6.54 Å². The van der Waals surface area contributed by atoms with Gasteiger partial charge in [0, 0.05) is 25.3 Å². The first-order valence-electron chi connectivity index (χ1n) is 10.4. The molecule has 0 saturated heterocycles. The Morgan fingerprint density at radius 1 is 1.19 bits per heavy atom. The number of hydrazone groups is 1. The fourth-order valence-electron chi connectivity index (χ4n) is 4.14. The van der Waals surface area contributed by atoms with Crippen LogP contribution < -0.4 is 5.32 Å². The Morgan fingerprint density at radius 3 is 2.78 bits per heavy atom. The van der Waals surface area contributed by atoms with Crippen molar-refractivity contribution >= 4 is 17.5 Å². The predicted octanol–water partition coefficient (Wildman–Crippen LogP) is 3.88. The van der Waals surface area contributed by atoms with Crippen LogP contribution in [0, 0.1) is 5.92 Å². The van der Waals surface area contributed by atoms with Gasteiger partial charge in [-0.15, -0.1) is 0 Å². The van der Waals surface area contributed by atoms with E-state index in [1.807, 2.05) is 30.3 Å². The van der Waals surface area contributed by atoms with Gasteiger partial charge >= 0.3 is 0 Å². The topological polar surface area (TPSA) is 61.8 Å². The lowest BCUT2D eigenvalue weighted by molar-refractivity contribution is -0.133. The Hall–Kier alpha value is -2.17. The fourth-order valence-corrected chi connectivity index (χ4v) is 4.14.